The molecule has 0 atom stereocenters. The Labute approximate surface area is 130 Å². The van der Waals surface area contributed by atoms with Crippen molar-refractivity contribution in [2.75, 3.05) is 6.54 Å². The molecule has 1 aromatic heterocycles. The molecule has 0 spiro atoms. The minimum Gasteiger partial charge on any atom is -0.481 e. The molecule has 0 bridgehead atoms. The van der Waals surface area contributed by atoms with Gasteiger partial charge in [0.15, 0.2) is 0 Å². The molecule has 0 amide bonds. The fourth-order valence-corrected chi connectivity index (χ4v) is 5.52. The molecule has 0 aliphatic heterocycles. The Hall–Kier alpha value is -0.440. The molecule has 2 N–H and O–H groups in total. The van der Waals surface area contributed by atoms with Crippen LogP contribution in [0.1, 0.15) is 25.7 Å². The third-order valence-electron chi connectivity index (χ3n) is 3.57. The van der Waals surface area contributed by atoms with Gasteiger partial charge in [0.25, 0.3) is 0 Å². The highest BCUT2D eigenvalue weighted by molar-refractivity contribution is 9.11. The quantitative estimate of drug-likeness (QED) is 0.820. The predicted molar refractivity (Wildman–Crippen MR) is 80.3 cm³/mol. The highest BCUT2D eigenvalue weighted by Crippen LogP contribution is 2.29. The number of carbonyl (C=O) groups is 1. The summed E-state index contributed by atoms with van der Waals surface area (Å²) in [6, 6.07) is 3.27. The number of nitrogens with one attached hydrogen (secondary N) is 1. The van der Waals surface area contributed by atoms with E-state index in [9.17, 15) is 13.2 Å². The van der Waals surface area contributed by atoms with E-state index in [1.165, 1.54) is 11.3 Å². The van der Waals surface area contributed by atoms with Crippen molar-refractivity contribution < 1.29 is 18.3 Å². The van der Waals surface area contributed by atoms with E-state index in [0.29, 0.717) is 23.6 Å². The standard InChI is InChI=1S/C12H16BrNO4S2/c13-10-5-6-11(19-10)20(17,18)14-7-8-1-3-9(4-2-8)12(15)16/h5-6,8-9,14H,1-4,7H2,(H,15,16). The summed E-state index contributed by atoms with van der Waals surface area (Å²) in [4.78, 5) is 10.9. The van der Waals surface area contributed by atoms with E-state index in [2.05, 4.69) is 20.7 Å². The minimum absolute atomic E-state index is 0.226. The van der Waals surface area contributed by atoms with Crippen LogP contribution in [0.5, 0.6) is 0 Å². The van der Waals surface area contributed by atoms with Gasteiger partial charge in [-0.25, -0.2) is 13.1 Å². The molecule has 1 aromatic rings. The Morgan fingerprint density at radius 3 is 2.50 bits per heavy atom. The van der Waals surface area contributed by atoms with Gasteiger partial charge in [0, 0.05) is 6.54 Å². The fraction of sp³-hybridized carbons (Fsp3) is 0.583. The monoisotopic (exact) mass is 381 g/mol. The molecular weight excluding hydrogens is 366 g/mol. The lowest BCUT2D eigenvalue weighted by Crippen LogP contribution is -2.32. The van der Waals surface area contributed by atoms with E-state index < -0.39 is 16.0 Å². The van der Waals surface area contributed by atoms with Crippen molar-refractivity contribution in [1.29, 1.82) is 0 Å². The van der Waals surface area contributed by atoms with Crippen LogP contribution in [0.3, 0.4) is 0 Å². The van der Waals surface area contributed by atoms with E-state index in [0.717, 1.165) is 16.6 Å². The molecule has 20 heavy (non-hydrogen) atoms. The SMILES string of the molecule is O=C(O)C1CCC(CNS(=O)(=O)c2ccc(Br)s2)CC1. The number of sulfonamides is 1. The van der Waals surface area contributed by atoms with Crippen LogP contribution in [0.2, 0.25) is 0 Å². The first-order valence-corrected chi connectivity index (χ1v) is 9.45. The van der Waals surface area contributed by atoms with Gasteiger partial charge in [0.1, 0.15) is 4.21 Å². The number of rotatable bonds is 5. The first kappa shape index (κ1) is 15.9. The van der Waals surface area contributed by atoms with Gasteiger partial charge in [-0.15, -0.1) is 11.3 Å². The van der Waals surface area contributed by atoms with Gasteiger partial charge in [0.2, 0.25) is 10.0 Å². The summed E-state index contributed by atoms with van der Waals surface area (Å²) in [6.07, 6.45) is 2.78. The fourth-order valence-electron chi connectivity index (χ4n) is 2.35. The van der Waals surface area contributed by atoms with Crippen LogP contribution in [-0.4, -0.2) is 26.0 Å². The van der Waals surface area contributed by atoms with Gasteiger partial charge in [-0.2, -0.15) is 0 Å². The van der Waals surface area contributed by atoms with Gasteiger partial charge in [-0.3, -0.25) is 4.79 Å². The summed E-state index contributed by atoms with van der Waals surface area (Å²) in [6.45, 7) is 0.379. The largest absolute Gasteiger partial charge is 0.481 e. The number of aliphatic carboxylic acids is 1. The van der Waals surface area contributed by atoms with Crippen molar-refractivity contribution in [1.82, 2.24) is 4.72 Å². The smallest absolute Gasteiger partial charge is 0.306 e. The van der Waals surface area contributed by atoms with Crippen LogP contribution in [0.25, 0.3) is 0 Å². The molecular formula is C12H16BrNO4S2. The normalized spacial score (nSPS) is 23.6. The topological polar surface area (TPSA) is 83.5 Å². The number of hydrogen-bond donors (Lipinski definition) is 2. The highest BCUT2D eigenvalue weighted by atomic mass is 79.9. The molecule has 1 aliphatic rings. The maximum absolute atomic E-state index is 12.0. The van der Waals surface area contributed by atoms with Crippen molar-refractivity contribution in [2.45, 2.75) is 29.9 Å². The summed E-state index contributed by atoms with van der Waals surface area (Å²) in [5, 5.41) is 8.92. The van der Waals surface area contributed by atoms with Crippen LogP contribution in [0.15, 0.2) is 20.1 Å². The van der Waals surface area contributed by atoms with Crippen molar-refractivity contribution in [3.8, 4) is 0 Å². The average Bonchev–Trinajstić information content (AvgIpc) is 2.84. The summed E-state index contributed by atoms with van der Waals surface area (Å²) >= 11 is 4.42. The number of carboxylic acid groups (broad SMARTS) is 1. The van der Waals surface area contributed by atoms with Gasteiger partial charge >= 0.3 is 5.97 Å². The Balaban J connectivity index is 1.86. The zero-order valence-corrected chi connectivity index (χ0v) is 13.9. The van der Waals surface area contributed by atoms with E-state index in [4.69, 9.17) is 5.11 Å². The predicted octanol–water partition coefficient (Wildman–Crippen LogP) is 2.68. The van der Waals surface area contributed by atoms with Crippen LogP contribution in [0.4, 0.5) is 0 Å². The second-order valence-corrected chi connectivity index (χ2v) is 9.42. The summed E-state index contributed by atoms with van der Waals surface area (Å²) in [5.74, 6) is -0.785. The van der Waals surface area contributed by atoms with Gasteiger partial charge < -0.3 is 5.11 Å². The molecule has 1 aliphatic carbocycles. The minimum atomic E-state index is -3.45. The van der Waals surface area contributed by atoms with Crippen LogP contribution < -0.4 is 4.72 Å². The first-order chi connectivity index (χ1) is 9.38. The van der Waals surface area contributed by atoms with E-state index in [-0.39, 0.29) is 11.8 Å². The van der Waals surface area contributed by atoms with Crippen molar-refractivity contribution >= 4 is 43.3 Å². The molecule has 0 radical (unpaired) electrons. The first-order valence-electron chi connectivity index (χ1n) is 6.36. The lowest BCUT2D eigenvalue weighted by Gasteiger charge is -2.25. The van der Waals surface area contributed by atoms with Crippen molar-refractivity contribution in [3.05, 3.63) is 15.9 Å². The maximum Gasteiger partial charge on any atom is 0.306 e. The third kappa shape index (κ3) is 4.03. The molecule has 112 valence electrons. The lowest BCUT2D eigenvalue weighted by molar-refractivity contribution is -0.143. The van der Waals surface area contributed by atoms with Crippen LogP contribution >= 0.6 is 27.3 Å². The molecule has 1 saturated carbocycles. The second kappa shape index (κ2) is 6.55. The molecule has 1 heterocycles. The molecule has 1 fully saturated rings. The van der Waals surface area contributed by atoms with Gasteiger partial charge in [-0.1, -0.05) is 0 Å². The van der Waals surface area contributed by atoms with Crippen LogP contribution in [0, 0.1) is 11.8 Å². The summed E-state index contributed by atoms with van der Waals surface area (Å²) < 4.78 is 27.8. The molecule has 0 aromatic carbocycles. The van der Waals surface area contributed by atoms with Crippen molar-refractivity contribution in [2.24, 2.45) is 11.8 Å². The Morgan fingerprint density at radius 1 is 1.35 bits per heavy atom. The maximum atomic E-state index is 12.0. The van der Waals surface area contributed by atoms with Gasteiger partial charge in [0.05, 0.1) is 9.70 Å². The van der Waals surface area contributed by atoms with E-state index in [1.54, 1.807) is 12.1 Å². The number of hydrogen-bond acceptors (Lipinski definition) is 4. The average molecular weight is 382 g/mol. The molecule has 5 nitrogen and oxygen atoms in total. The Kier molecular flexibility index (Phi) is 5.22. The Morgan fingerprint density at radius 2 is 2.00 bits per heavy atom. The van der Waals surface area contributed by atoms with Gasteiger partial charge in [-0.05, 0) is 59.7 Å². The molecule has 0 unspecified atom stereocenters. The zero-order valence-electron chi connectivity index (χ0n) is 10.7. The molecule has 8 heteroatoms. The Bertz CT molecular complexity index is 576. The highest BCUT2D eigenvalue weighted by Gasteiger charge is 2.27. The molecule has 2 rings (SSSR count). The lowest BCUT2D eigenvalue weighted by atomic mass is 9.82. The second-order valence-electron chi connectivity index (χ2n) is 4.97. The van der Waals surface area contributed by atoms with E-state index >= 15 is 0 Å². The summed E-state index contributed by atoms with van der Waals surface area (Å²) in [7, 11) is -3.45. The van der Waals surface area contributed by atoms with Crippen molar-refractivity contribution in [3.63, 3.8) is 0 Å². The van der Waals surface area contributed by atoms with Crippen LogP contribution in [-0.2, 0) is 14.8 Å². The zero-order chi connectivity index (χ0) is 14.8. The number of halogens is 1. The van der Waals surface area contributed by atoms with E-state index in [1.807, 2.05) is 0 Å². The third-order valence-corrected chi connectivity index (χ3v) is 7.11. The molecule has 0 saturated heterocycles. The number of carboxylic acids is 1. The summed E-state index contributed by atoms with van der Waals surface area (Å²) in [5.41, 5.74) is 0. The number of thiophene rings is 1.